The molecule has 1 aromatic heterocycles. The van der Waals surface area contributed by atoms with Gasteiger partial charge in [-0.15, -0.1) is 0 Å². The average molecular weight is 705 g/mol. The van der Waals surface area contributed by atoms with E-state index in [0.29, 0.717) is 13.2 Å². The molecule has 0 bridgehead atoms. The van der Waals surface area contributed by atoms with E-state index in [4.69, 9.17) is 23.7 Å². The van der Waals surface area contributed by atoms with Gasteiger partial charge in [0.05, 0.1) is 38.4 Å². The number of para-hydroxylation sites is 1. The number of unbranched alkanes of at least 4 members (excludes halogenated alkanes) is 1. The first-order chi connectivity index (χ1) is 25.5. The van der Waals surface area contributed by atoms with E-state index < -0.39 is 36.6 Å². The second-order valence-electron chi connectivity index (χ2n) is 13.1. The molecule has 0 unspecified atom stereocenters. The van der Waals surface area contributed by atoms with Crippen LogP contribution in [-0.4, -0.2) is 54.0 Å². The van der Waals surface area contributed by atoms with Crippen LogP contribution in [0.4, 0.5) is 0 Å². The van der Waals surface area contributed by atoms with Gasteiger partial charge in [0.2, 0.25) is 5.91 Å². The van der Waals surface area contributed by atoms with Crippen molar-refractivity contribution in [2.75, 3.05) is 13.2 Å². The van der Waals surface area contributed by atoms with Crippen LogP contribution in [0.2, 0.25) is 0 Å². The van der Waals surface area contributed by atoms with Gasteiger partial charge >= 0.3 is 5.97 Å². The lowest BCUT2D eigenvalue weighted by molar-refractivity contribution is -0.282. The number of aromatic nitrogens is 1. The normalized spacial score (nSPS) is 20.1. The quantitative estimate of drug-likeness (QED) is 0.0801. The summed E-state index contributed by atoms with van der Waals surface area (Å²) >= 11 is 0. The van der Waals surface area contributed by atoms with Crippen LogP contribution in [0, 0.1) is 0 Å². The molecule has 52 heavy (non-hydrogen) atoms. The molecule has 272 valence electrons. The van der Waals surface area contributed by atoms with Crippen molar-refractivity contribution in [1.29, 1.82) is 0 Å². The zero-order valence-corrected chi connectivity index (χ0v) is 29.9. The van der Waals surface area contributed by atoms with E-state index in [1.54, 1.807) is 0 Å². The maximum absolute atomic E-state index is 13.0. The largest absolute Gasteiger partial charge is 0.455 e. The van der Waals surface area contributed by atoms with Gasteiger partial charge < -0.3 is 33.6 Å². The number of hydrogen-bond donors (Lipinski definition) is 1. The highest BCUT2D eigenvalue weighted by Gasteiger charge is 2.50. The first-order valence-electron chi connectivity index (χ1n) is 18.1. The molecular weight excluding hydrogens is 656 g/mol. The Morgan fingerprint density at radius 3 is 1.92 bits per heavy atom. The Balaban J connectivity index is 1.38. The second-order valence-corrected chi connectivity index (χ2v) is 13.1. The lowest BCUT2D eigenvalue weighted by Crippen LogP contribution is -2.59. The third-order valence-electron chi connectivity index (χ3n) is 9.18. The number of amides is 1. The Morgan fingerprint density at radius 1 is 0.731 bits per heavy atom. The number of rotatable bonds is 17. The van der Waals surface area contributed by atoms with Gasteiger partial charge in [0, 0.05) is 25.1 Å². The summed E-state index contributed by atoms with van der Waals surface area (Å²) < 4.78 is 34.9. The molecule has 0 aliphatic carbocycles. The Bertz CT molecular complexity index is 1850. The molecule has 0 saturated carbocycles. The zero-order valence-electron chi connectivity index (χ0n) is 29.9. The van der Waals surface area contributed by atoms with Gasteiger partial charge in [0.15, 0.2) is 12.3 Å². The fraction of sp³-hybridized carbons (Fsp3) is 0.349. The molecule has 0 spiro atoms. The highest BCUT2D eigenvalue weighted by Crippen LogP contribution is 2.38. The van der Waals surface area contributed by atoms with E-state index in [-0.39, 0.29) is 32.1 Å². The number of carbonyl (C=O) groups is 2. The minimum atomic E-state index is -0.908. The van der Waals surface area contributed by atoms with Crippen LogP contribution in [0.3, 0.4) is 0 Å². The predicted molar refractivity (Wildman–Crippen MR) is 199 cm³/mol. The van der Waals surface area contributed by atoms with Crippen LogP contribution in [0.15, 0.2) is 121 Å². The van der Waals surface area contributed by atoms with Crippen molar-refractivity contribution in [3.63, 3.8) is 0 Å². The molecule has 1 aliphatic heterocycles. The van der Waals surface area contributed by atoms with Crippen molar-refractivity contribution in [3.05, 3.63) is 144 Å². The third-order valence-corrected chi connectivity index (χ3v) is 9.18. The number of esters is 1. The number of nitrogens with zero attached hydrogens (tertiary/aromatic N) is 1. The van der Waals surface area contributed by atoms with Crippen molar-refractivity contribution in [2.45, 2.75) is 83.6 Å². The van der Waals surface area contributed by atoms with Crippen LogP contribution in [0.5, 0.6) is 0 Å². The summed E-state index contributed by atoms with van der Waals surface area (Å²) in [6.45, 7) is 5.23. The van der Waals surface area contributed by atoms with E-state index in [2.05, 4.69) is 12.2 Å². The summed E-state index contributed by atoms with van der Waals surface area (Å²) in [5.74, 6) is -0.525. The highest BCUT2D eigenvalue weighted by atomic mass is 16.6. The van der Waals surface area contributed by atoms with E-state index >= 15 is 0 Å². The lowest BCUT2D eigenvalue weighted by Gasteiger charge is -2.46. The van der Waals surface area contributed by atoms with Crippen LogP contribution in [0.25, 0.3) is 10.9 Å². The first-order valence-corrected chi connectivity index (χ1v) is 18.1. The molecule has 5 aromatic rings. The molecule has 9 heteroatoms. The highest BCUT2D eigenvalue weighted by molar-refractivity contribution is 5.89. The number of fused-ring (bicyclic) bond motifs is 1. The molecule has 1 aliphatic rings. The minimum Gasteiger partial charge on any atom is -0.455 e. The average Bonchev–Trinajstić information content (AvgIpc) is 3.52. The van der Waals surface area contributed by atoms with Gasteiger partial charge in [0.25, 0.3) is 0 Å². The van der Waals surface area contributed by atoms with Crippen LogP contribution in [0.1, 0.15) is 55.2 Å². The second kappa shape index (κ2) is 18.6. The Hall–Kier alpha value is -4.80. The maximum atomic E-state index is 13.0. The topological polar surface area (TPSA) is 97.3 Å². The lowest BCUT2D eigenvalue weighted by atomic mass is 9.96. The van der Waals surface area contributed by atoms with Crippen molar-refractivity contribution in [1.82, 2.24) is 9.88 Å². The summed E-state index contributed by atoms with van der Waals surface area (Å²) in [6, 6.07) is 37.6. The molecule has 2 heterocycles. The molecule has 1 saturated heterocycles. The number of ether oxygens (including phenoxy) is 5. The van der Waals surface area contributed by atoms with Gasteiger partial charge in [0.1, 0.15) is 18.3 Å². The summed E-state index contributed by atoms with van der Waals surface area (Å²) in [5, 5.41) is 3.95. The minimum absolute atomic E-state index is 0.0527. The standard InChI is InChI=1S/C43H48N2O7/c1-3-4-24-44-39(47)25-35-26-45(37-23-15-14-22-36(35)37)43-42(51-31(2)46)41(50-29-34-20-12-7-13-21-34)40(49-28-33-18-10-6-11-19-33)38(52-43)30-48-27-32-16-8-5-9-17-32/h5-23,26,38,40-43H,3-4,24-25,27-30H2,1-2H3,(H,44,47)/t38-,40-,41+,42-,43-/m1/s1. The van der Waals surface area contributed by atoms with Gasteiger partial charge in [-0.05, 0) is 34.7 Å². The molecular formula is C43H48N2O7. The number of carbonyl (C=O) groups excluding carboxylic acids is 2. The molecule has 6 rings (SSSR count). The summed E-state index contributed by atoms with van der Waals surface area (Å²) in [6.07, 6.45) is 0.268. The van der Waals surface area contributed by atoms with Gasteiger partial charge in [-0.3, -0.25) is 9.59 Å². The van der Waals surface area contributed by atoms with E-state index in [1.807, 2.05) is 126 Å². The summed E-state index contributed by atoms with van der Waals surface area (Å²) in [7, 11) is 0. The maximum Gasteiger partial charge on any atom is 0.303 e. The Kier molecular flexibility index (Phi) is 13.2. The summed E-state index contributed by atoms with van der Waals surface area (Å²) in [4.78, 5) is 25.9. The molecule has 9 nitrogen and oxygen atoms in total. The monoisotopic (exact) mass is 704 g/mol. The Morgan fingerprint density at radius 2 is 1.31 bits per heavy atom. The third kappa shape index (κ3) is 9.74. The number of nitrogens with one attached hydrogen (secondary N) is 1. The fourth-order valence-electron chi connectivity index (χ4n) is 6.63. The zero-order chi connectivity index (χ0) is 36.1. The van der Waals surface area contributed by atoms with E-state index in [1.165, 1.54) is 6.92 Å². The van der Waals surface area contributed by atoms with Crippen LogP contribution < -0.4 is 5.32 Å². The van der Waals surface area contributed by atoms with Gasteiger partial charge in [-0.25, -0.2) is 0 Å². The summed E-state index contributed by atoms with van der Waals surface area (Å²) in [5.41, 5.74) is 4.67. The first kappa shape index (κ1) is 37.0. The Labute approximate surface area is 305 Å². The SMILES string of the molecule is CCCCNC(=O)Cc1cn([C@@H]2O[C@H](COCc3ccccc3)[C@@H](OCc3ccccc3)[C@H](OCc3ccccc3)[C@H]2OC(C)=O)c2ccccc12. The van der Waals surface area contributed by atoms with E-state index in [9.17, 15) is 9.59 Å². The van der Waals surface area contributed by atoms with Crippen molar-refractivity contribution < 1.29 is 33.3 Å². The van der Waals surface area contributed by atoms with Crippen molar-refractivity contribution in [2.24, 2.45) is 0 Å². The molecule has 0 radical (unpaired) electrons. The molecule has 1 fully saturated rings. The van der Waals surface area contributed by atoms with Gasteiger partial charge in [-0.1, -0.05) is 123 Å². The van der Waals surface area contributed by atoms with Crippen LogP contribution in [-0.2, 0) is 59.5 Å². The van der Waals surface area contributed by atoms with Crippen molar-refractivity contribution in [3.8, 4) is 0 Å². The van der Waals surface area contributed by atoms with Crippen LogP contribution >= 0.6 is 0 Å². The molecule has 1 N–H and O–H groups in total. The molecule has 4 aromatic carbocycles. The number of hydrogen-bond acceptors (Lipinski definition) is 7. The van der Waals surface area contributed by atoms with Gasteiger partial charge in [-0.2, -0.15) is 0 Å². The van der Waals surface area contributed by atoms with Crippen molar-refractivity contribution >= 4 is 22.8 Å². The fourth-order valence-corrected chi connectivity index (χ4v) is 6.63. The predicted octanol–water partition coefficient (Wildman–Crippen LogP) is 7.32. The number of benzene rings is 4. The smallest absolute Gasteiger partial charge is 0.303 e. The molecule has 1 amide bonds. The van der Waals surface area contributed by atoms with E-state index in [0.717, 1.165) is 46.0 Å². The molecule has 5 atom stereocenters.